The maximum atomic E-state index is 15.6. The predicted octanol–water partition coefficient (Wildman–Crippen LogP) is 4.84. The number of carbonyl (C=O) groups is 1. The highest BCUT2D eigenvalue weighted by atomic mass is 32.1. The molecule has 1 saturated carbocycles. The van der Waals surface area contributed by atoms with Gasteiger partial charge < -0.3 is 5.32 Å². The van der Waals surface area contributed by atoms with Crippen LogP contribution in [0, 0.1) is 5.82 Å². The van der Waals surface area contributed by atoms with Gasteiger partial charge in [-0.3, -0.25) is 9.69 Å². The Morgan fingerprint density at radius 1 is 1.11 bits per heavy atom. The summed E-state index contributed by atoms with van der Waals surface area (Å²) >= 11 is 1.77. The van der Waals surface area contributed by atoms with E-state index in [2.05, 4.69) is 31.7 Å². The first-order chi connectivity index (χ1) is 18.2. The second kappa shape index (κ2) is 8.97. The summed E-state index contributed by atoms with van der Waals surface area (Å²) in [5.41, 5.74) is 1.59. The van der Waals surface area contributed by atoms with Crippen molar-refractivity contribution in [2.24, 2.45) is 0 Å². The summed E-state index contributed by atoms with van der Waals surface area (Å²) in [4.78, 5) is 26.1. The van der Waals surface area contributed by atoms with Gasteiger partial charge in [0.2, 0.25) is 0 Å². The number of aromatic nitrogens is 5. The van der Waals surface area contributed by atoms with Gasteiger partial charge >= 0.3 is 0 Å². The van der Waals surface area contributed by atoms with Crippen molar-refractivity contribution in [2.45, 2.75) is 37.6 Å². The van der Waals surface area contributed by atoms with Gasteiger partial charge in [-0.25, -0.2) is 14.4 Å². The lowest BCUT2D eigenvalue weighted by atomic mass is 10.0. The molecule has 0 bridgehead atoms. The SMILES string of the molecule is O=C(c1ccc(-n2nnc3cccnc32)cc1F)N(c1nccc2sc(C3CC3)cc12)[C@@H]1CCCNC1. The van der Waals surface area contributed by atoms with Crippen LogP contribution in [0.15, 0.2) is 54.9 Å². The molecule has 5 aromatic rings. The Labute approximate surface area is 216 Å². The molecule has 2 aliphatic rings. The van der Waals surface area contributed by atoms with Crippen LogP contribution in [-0.4, -0.2) is 50.0 Å². The van der Waals surface area contributed by atoms with Crippen molar-refractivity contribution >= 4 is 44.3 Å². The van der Waals surface area contributed by atoms with Gasteiger partial charge in [0.05, 0.1) is 17.3 Å². The zero-order valence-corrected chi connectivity index (χ0v) is 20.8. The highest BCUT2D eigenvalue weighted by Gasteiger charge is 2.33. The summed E-state index contributed by atoms with van der Waals surface area (Å²) in [6.07, 6.45) is 7.57. The predicted molar refractivity (Wildman–Crippen MR) is 141 cm³/mol. The molecule has 186 valence electrons. The highest BCUT2D eigenvalue weighted by molar-refractivity contribution is 7.19. The van der Waals surface area contributed by atoms with Crippen molar-refractivity contribution in [1.29, 1.82) is 0 Å². The Balaban J connectivity index is 1.30. The van der Waals surface area contributed by atoms with Crippen molar-refractivity contribution in [1.82, 2.24) is 30.3 Å². The monoisotopic (exact) mass is 513 g/mol. The number of anilines is 1. The number of amides is 1. The van der Waals surface area contributed by atoms with Crippen molar-refractivity contribution in [2.75, 3.05) is 18.0 Å². The molecule has 1 aliphatic heterocycles. The van der Waals surface area contributed by atoms with Gasteiger partial charge in [-0.1, -0.05) is 5.21 Å². The molecule has 37 heavy (non-hydrogen) atoms. The summed E-state index contributed by atoms with van der Waals surface area (Å²) in [5.74, 6) is 0.206. The Kier molecular flexibility index (Phi) is 5.44. The molecule has 2 fully saturated rings. The summed E-state index contributed by atoms with van der Waals surface area (Å²) < 4.78 is 18.2. The molecular weight excluding hydrogens is 489 g/mol. The minimum Gasteiger partial charge on any atom is -0.315 e. The summed E-state index contributed by atoms with van der Waals surface area (Å²) in [6.45, 7) is 1.54. The van der Waals surface area contributed by atoms with Crippen LogP contribution in [0.5, 0.6) is 0 Å². The average Bonchev–Trinajstić information content (AvgIpc) is 3.54. The fraction of sp³-hybridized carbons (Fsp3) is 0.296. The van der Waals surface area contributed by atoms with Crippen molar-refractivity contribution in [3.8, 4) is 5.69 Å². The molecule has 1 amide bonds. The van der Waals surface area contributed by atoms with E-state index in [9.17, 15) is 4.79 Å². The van der Waals surface area contributed by atoms with Crippen LogP contribution in [-0.2, 0) is 0 Å². The summed E-state index contributed by atoms with van der Waals surface area (Å²) in [6, 6.07) is 12.2. The second-order valence-corrected chi connectivity index (χ2v) is 10.8. The first-order valence-corrected chi connectivity index (χ1v) is 13.4. The van der Waals surface area contributed by atoms with E-state index in [1.165, 1.54) is 34.5 Å². The van der Waals surface area contributed by atoms with Crippen LogP contribution >= 0.6 is 11.3 Å². The third-order valence-corrected chi connectivity index (χ3v) is 8.41. The number of fused-ring (bicyclic) bond motifs is 2. The quantitative estimate of drug-likeness (QED) is 0.362. The molecule has 4 aromatic heterocycles. The number of benzene rings is 1. The van der Waals surface area contributed by atoms with E-state index in [4.69, 9.17) is 0 Å². The van der Waals surface area contributed by atoms with Crippen molar-refractivity contribution < 1.29 is 9.18 Å². The van der Waals surface area contributed by atoms with E-state index in [-0.39, 0.29) is 11.6 Å². The highest BCUT2D eigenvalue weighted by Crippen LogP contribution is 2.46. The first-order valence-electron chi connectivity index (χ1n) is 12.6. The van der Waals surface area contributed by atoms with E-state index < -0.39 is 11.7 Å². The third kappa shape index (κ3) is 3.96. The van der Waals surface area contributed by atoms with E-state index in [0.29, 0.717) is 35.1 Å². The number of pyridine rings is 2. The second-order valence-electron chi connectivity index (χ2n) is 9.66. The largest absolute Gasteiger partial charge is 0.315 e. The van der Waals surface area contributed by atoms with Crippen molar-refractivity contribution in [3.63, 3.8) is 0 Å². The number of rotatable bonds is 5. The summed E-state index contributed by atoms with van der Waals surface area (Å²) in [7, 11) is 0. The molecule has 8 nitrogen and oxygen atoms in total. The van der Waals surface area contributed by atoms with Crippen LogP contribution in [0.3, 0.4) is 0 Å². The Hall–Kier alpha value is -3.76. The van der Waals surface area contributed by atoms with Crippen LogP contribution in [0.2, 0.25) is 0 Å². The maximum absolute atomic E-state index is 15.6. The van der Waals surface area contributed by atoms with Gasteiger partial charge in [0.1, 0.15) is 17.2 Å². The minimum absolute atomic E-state index is 0.00292. The van der Waals surface area contributed by atoms with Gasteiger partial charge in [-0.2, -0.15) is 4.68 Å². The zero-order valence-electron chi connectivity index (χ0n) is 20.0. The lowest BCUT2D eigenvalue weighted by molar-refractivity contribution is 0.0968. The van der Waals surface area contributed by atoms with Crippen LogP contribution in [0.1, 0.15) is 46.8 Å². The lowest BCUT2D eigenvalue weighted by Crippen LogP contribution is -2.49. The standard InChI is InChI=1S/C27H24FN7OS/c28-21-13-17(35-26-22(32-33-35)4-2-11-30-26)7-8-19(21)27(36)34(18-3-1-10-29-15-18)25-20-14-24(16-5-6-16)37-23(20)9-12-31-25/h2,4,7-9,11-14,16,18,29H,1,3,5-6,10,15H2/t18-/m1/s1. The molecule has 0 spiro atoms. The zero-order chi connectivity index (χ0) is 24.9. The number of halogens is 1. The molecular formula is C27H24FN7OS. The summed E-state index contributed by atoms with van der Waals surface area (Å²) in [5, 5.41) is 12.6. The Morgan fingerprint density at radius 2 is 2.03 bits per heavy atom. The molecule has 10 heteroatoms. The van der Waals surface area contributed by atoms with E-state index in [1.807, 2.05) is 6.07 Å². The van der Waals surface area contributed by atoms with Gasteiger partial charge in [0.25, 0.3) is 5.91 Å². The molecule has 1 aliphatic carbocycles. The molecule has 1 N–H and O–H groups in total. The number of nitrogens with one attached hydrogen (secondary N) is 1. The normalized spacial score (nSPS) is 17.9. The van der Waals surface area contributed by atoms with Crippen LogP contribution in [0.25, 0.3) is 26.9 Å². The fourth-order valence-corrected chi connectivity index (χ4v) is 6.32. The van der Waals surface area contributed by atoms with Gasteiger partial charge in [-0.05, 0) is 74.5 Å². The van der Waals surface area contributed by atoms with Gasteiger partial charge in [0.15, 0.2) is 5.65 Å². The third-order valence-electron chi connectivity index (χ3n) is 7.14. The number of piperidine rings is 1. The number of carbonyl (C=O) groups excluding carboxylic acids is 1. The molecule has 5 heterocycles. The lowest BCUT2D eigenvalue weighted by Gasteiger charge is -2.34. The fourth-order valence-electron chi connectivity index (χ4n) is 5.10. The Bertz CT molecular complexity index is 1640. The van der Waals surface area contributed by atoms with E-state index >= 15 is 4.39 Å². The number of hydrogen-bond acceptors (Lipinski definition) is 7. The van der Waals surface area contributed by atoms with E-state index in [1.54, 1.807) is 46.8 Å². The number of hydrogen-bond donors (Lipinski definition) is 1. The van der Waals surface area contributed by atoms with Crippen LogP contribution in [0.4, 0.5) is 10.2 Å². The maximum Gasteiger partial charge on any atom is 0.262 e. The van der Waals surface area contributed by atoms with E-state index in [0.717, 1.165) is 29.5 Å². The molecule has 1 atom stereocenters. The average molecular weight is 514 g/mol. The molecule has 0 radical (unpaired) electrons. The van der Waals surface area contributed by atoms with Crippen molar-refractivity contribution in [3.05, 3.63) is 71.1 Å². The van der Waals surface area contributed by atoms with Crippen LogP contribution < -0.4 is 10.2 Å². The molecule has 1 saturated heterocycles. The Morgan fingerprint density at radius 3 is 2.84 bits per heavy atom. The number of thiophene rings is 1. The first kappa shape index (κ1) is 22.4. The molecule has 7 rings (SSSR count). The number of nitrogens with zero attached hydrogens (tertiary/aromatic N) is 6. The molecule has 0 unspecified atom stereocenters. The smallest absolute Gasteiger partial charge is 0.262 e. The minimum atomic E-state index is -0.619. The van der Waals surface area contributed by atoms with Gasteiger partial charge in [0, 0.05) is 40.0 Å². The molecule has 1 aromatic carbocycles. The van der Waals surface area contributed by atoms with Gasteiger partial charge in [-0.15, -0.1) is 16.4 Å². The topological polar surface area (TPSA) is 88.8 Å².